The molecule has 0 bridgehead atoms. The molecule has 0 radical (unpaired) electrons. The summed E-state index contributed by atoms with van der Waals surface area (Å²) in [5, 5.41) is 0. The van der Waals surface area contributed by atoms with Crippen LogP contribution in [0.25, 0.3) is 11.3 Å². The first-order chi connectivity index (χ1) is 17.6. The molecule has 1 aromatic heterocycles. The van der Waals surface area contributed by atoms with Crippen LogP contribution in [0.5, 0.6) is 5.75 Å². The molecule has 0 N–H and O–H groups in total. The summed E-state index contributed by atoms with van der Waals surface area (Å²) in [5.74, 6) is -1.11. The van der Waals surface area contributed by atoms with E-state index in [1.165, 1.54) is 63.0 Å². The zero-order chi connectivity index (χ0) is 25.6. The molecule has 0 spiro atoms. The summed E-state index contributed by atoms with van der Waals surface area (Å²) >= 11 is 0. The van der Waals surface area contributed by atoms with E-state index in [-0.39, 0.29) is 5.75 Å². The monoisotopic (exact) mass is 489 g/mol. The van der Waals surface area contributed by atoms with Crippen LogP contribution in [0.2, 0.25) is 0 Å². The number of carbonyl (C=O) groups is 1. The van der Waals surface area contributed by atoms with Crippen LogP contribution >= 0.6 is 0 Å². The molecule has 4 heteroatoms. The van der Waals surface area contributed by atoms with Gasteiger partial charge in [0, 0.05) is 11.8 Å². The number of benzene rings is 2. The Bertz CT molecular complexity index is 1060. The number of hydrogen-bond acceptors (Lipinski definition) is 3. The van der Waals surface area contributed by atoms with Crippen LogP contribution in [0.15, 0.2) is 60.8 Å². The molecule has 3 nitrogen and oxygen atoms in total. The van der Waals surface area contributed by atoms with Gasteiger partial charge in [0.15, 0.2) is 11.6 Å². The molecule has 2 aromatic carbocycles. The first-order valence-corrected chi connectivity index (χ1v) is 13.7. The number of ether oxygens (including phenoxy) is 1. The number of rotatable bonds is 15. The Morgan fingerprint density at radius 3 is 2.00 bits per heavy atom. The van der Waals surface area contributed by atoms with Crippen LogP contribution in [-0.2, 0) is 12.8 Å². The number of aromatic nitrogens is 1. The lowest BCUT2D eigenvalue weighted by Crippen LogP contribution is -2.09. The number of hydrogen-bond donors (Lipinski definition) is 0. The maximum atomic E-state index is 14.5. The summed E-state index contributed by atoms with van der Waals surface area (Å²) in [6.07, 6.45) is 16.1. The van der Waals surface area contributed by atoms with Crippen molar-refractivity contribution in [3.63, 3.8) is 0 Å². The highest BCUT2D eigenvalue weighted by Gasteiger charge is 2.13. The fraction of sp³-hybridized carbons (Fsp3) is 0.438. The SMILES string of the molecule is CCCCCCCCc1ccc(-c2ccc(C(=O)Oc3ccc(CCCCCC)cc3F)cc2)nc1. The second-order valence-corrected chi connectivity index (χ2v) is 9.61. The fourth-order valence-electron chi connectivity index (χ4n) is 4.33. The number of pyridine rings is 1. The Labute approximate surface area is 216 Å². The molecule has 192 valence electrons. The van der Waals surface area contributed by atoms with Gasteiger partial charge in [-0.25, -0.2) is 9.18 Å². The summed E-state index contributed by atoms with van der Waals surface area (Å²) in [7, 11) is 0. The van der Waals surface area contributed by atoms with Gasteiger partial charge in [-0.1, -0.05) is 89.5 Å². The molecule has 0 atom stereocenters. The predicted molar refractivity (Wildman–Crippen MR) is 146 cm³/mol. The van der Waals surface area contributed by atoms with Gasteiger partial charge in [0.2, 0.25) is 0 Å². The molecule has 0 unspecified atom stereocenters. The Balaban J connectivity index is 1.51. The number of halogens is 1. The first kappa shape index (κ1) is 27.6. The van der Waals surface area contributed by atoms with Gasteiger partial charge in [-0.15, -0.1) is 0 Å². The summed E-state index contributed by atoms with van der Waals surface area (Å²) in [6.45, 7) is 4.41. The highest BCUT2D eigenvalue weighted by atomic mass is 19.1. The van der Waals surface area contributed by atoms with E-state index in [0.717, 1.165) is 42.5 Å². The van der Waals surface area contributed by atoms with Crippen molar-refractivity contribution in [3.8, 4) is 17.0 Å². The normalized spacial score (nSPS) is 11.0. The molecule has 0 aliphatic carbocycles. The summed E-state index contributed by atoms with van der Waals surface area (Å²) in [6, 6.07) is 16.1. The smallest absolute Gasteiger partial charge is 0.343 e. The van der Waals surface area contributed by atoms with Crippen LogP contribution in [0.1, 0.15) is 99.5 Å². The lowest BCUT2D eigenvalue weighted by atomic mass is 10.0. The predicted octanol–water partition coefficient (Wildman–Crippen LogP) is 9.13. The van der Waals surface area contributed by atoms with Crippen LogP contribution < -0.4 is 4.74 Å². The van der Waals surface area contributed by atoms with Crippen molar-refractivity contribution in [2.24, 2.45) is 0 Å². The van der Waals surface area contributed by atoms with Crippen molar-refractivity contribution >= 4 is 5.97 Å². The second-order valence-electron chi connectivity index (χ2n) is 9.61. The number of esters is 1. The van der Waals surface area contributed by atoms with Crippen LogP contribution in [0.4, 0.5) is 4.39 Å². The van der Waals surface area contributed by atoms with E-state index in [9.17, 15) is 9.18 Å². The molecule has 0 fully saturated rings. The molecule has 1 heterocycles. The van der Waals surface area contributed by atoms with Gasteiger partial charge in [0.1, 0.15) is 0 Å². The topological polar surface area (TPSA) is 39.2 Å². The summed E-state index contributed by atoms with van der Waals surface area (Å²) < 4.78 is 19.8. The minimum atomic E-state index is -0.571. The molecule has 0 aliphatic heterocycles. The van der Waals surface area contributed by atoms with Crippen molar-refractivity contribution in [2.75, 3.05) is 0 Å². The van der Waals surface area contributed by atoms with Crippen LogP contribution in [0.3, 0.4) is 0 Å². The van der Waals surface area contributed by atoms with E-state index >= 15 is 0 Å². The van der Waals surface area contributed by atoms with E-state index in [1.807, 2.05) is 30.5 Å². The molecular formula is C32H40FNO2. The number of carbonyl (C=O) groups excluding carboxylic acids is 1. The minimum absolute atomic E-state index is 0.0380. The van der Waals surface area contributed by atoms with Gasteiger partial charge in [-0.05, 0) is 67.1 Å². The molecule has 3 aromatic rings. The van der Waals surface area contributed by atoms with Crippen molar-refractivity contribution in [1.82, 2.24) is 4.98 Å². The first-order valence-electron chi connectivity index (χ1n) is 13.7. The molecule has 0 amide bonds. The minimum Gasteiger partial charge on any atom is -0.420 e. The lowest BCUT2D eigenvalue weighted by molar-refractivity contribution is 0.0728. The Morgan fingerprint density at radius 1 is 0.750 bits per heavy atom. The molecule has 3 rings (SSSR count). The third-order valence-electron chi connectivity index (χ3n) is 6.58. The van der Waals surface area contributed by atoms with Gasteiger partial charge >= 0.3 is 5.97 Å². The van der Waals surface area contributed by atoms with E-state index in [2.05, 4.69) is 24.9 Å². The highest BCUT2D eigenvalue weighted by molar-refractivity contribution is 5.91. The summed E-state index contributed by atoms with van der Waals surface area (Å²) in [4.78, 5) is 17.2. The number of aryl methyl sites for hydroxylation is 2. The lowest BCUT2D eigenvalue weighted by Gasteiger charge is -2.08. The molecule has 0 saturated heterocycles. The van der Waals surface area contributed by atoms with E-state index in [0.29, 0.717) is 5.56 Å². The number of unbranched alkanes of at least 4 members (excludes halogenated alkanes) is 8. The van der Waals surface area contributed by atoms with Crippen molar-refractivity contribution in [1.29, 1.82) is 0 Å². The Kier molecular flexibility index (Phi) is 11.6. The van der Waals surface area contributed by atoms with Gasteiger partial charge in [-0.3, -0.25) is 4.98 Å². The second kappa shape index (κ2) is 15.2. The van der Waals surface area contributed by atoms with E-state index in [4.69, 9.17) is 4.74 Å². The average Bonchev–Trinajstić information content (AvgIpc) is 2.90. The van der Waals surface area contributed by atoms with Gasteiger partial charge in [-0.2, -0.15) is 0 Å². The molecule has 36 heavy (non-hydrogen) atoms. The zero-order valence-corrected chi connectivity index (χ0v) is 21.9. The standard InChI is InChI=1S/C32H40FNO2/c1-3-5-7-9-10-12-14-26-15-21-30(34-24-26)27-17-19-28(20-18-27)32(35)36-31-22-16-25(23-29(31)33)13-11-8-6-4-2/h15-24H,3-14H2,1-2H3. The van der Waals surface area contributed by atoms with Crippen LogP contribution in [-0.4, -0.2) is 11.0 Å². The number of nitrogens with zero attached hydrogens (tertiary/aromatic N) is 1. The van der Waals surface area contributed by atoms with Gasteiger partial charge < -0.3 is 4.74 Å². The van der Waals surface area contributed by atoms with Crippen molar-refractivity contribution < 1.29 is 13.9 Å². The van der Waals surface area contributed by atoms with Crippen molar-refractivity contribution in [2.45, 2.75) is 90.9 Å². The van der Waals surface area contributed by atoms with Gasteiger partial charge in [0.05, 0.1) is 11.3 Å². The maximum absolute atomic E-state index is 14.5. The Hall–Kier alpha value is -3.01. The van der Waals surface area contributed by atoms with Crippen LogP contribution in [0, 0.1) is 5.82 Å². The van der Waals surface area contributed by atoms with E-state index in [1.54, 1.807) is 18.2 Å². The highest BCUT2D eigenvalue weighted by Crippen LogP contribution is 2.23. The maximum Gasteiger partial charge on any atom is 0.343 e. The third kappa shape index (κ3) is 8.89. The van der Waals surface area contributed by atoms with Gasteiger partial charge in [0.25, 0.3) is 0 Å². The quantitative estimate of drug-likeness (QED) is 0.121. The van der Waals surface area contributed by atoms with E-state index < -0.39 is 11.8 Å². The zero-order valence-electron chi connectivity index (χ0n) is 21.9. The Morgan fingerprint density at radius 2 is 1.36 bits per heavy atom. The summed E-state index contributed by atoms with van der Waals surface area (Å²) in [5.41, 5.74) is 4.35. The fourth-order valence-corrected chi connectivity index (χ4v) is 4.33. The van der Waals surface area contributed by atoms with Crippen molar-refractivity contribution in [3.05, 3.63) is 83.3 Å². The molecule has 0 aliphatic rings. The molecule has 0 saturated carbocycles. The molecular weight excluding hydrogens is 449 g/mol. The third-order valence-corrected chi connectivity index (χ3v) is 6.58. The largest absolute Gasteiger partial charge is 0.420 e. The average molecular weight is 490 g/mol.